The molecule has 0 N–H and O–H groups in total. The molecule has 1 aliphatic rings. The Morgan fingerprint density at radius 2 is 1.50 bits per heavy atom. The maximum atomic E-state index is 11.6. The minimum Gasteiger partial charge on any atom is -0.469 e. The number of methoxy groups -OCH3 is 1. The third-order valence-electron chi connectivity index (χ3n) is 3.31. The Hall–Kier alpha value is -0.570. The lowest BCUT2D eigenvalue weighted by Crippen LogP contribution is -2.28. The van der Waals surface area contributed by atoms with Crippen molar-refractivity contribution in [3.8, 4) is 0 Å². The highest BCUT2D eigenvalue weighted by Gasteiger charge is 2.33. The average molecular weight is 247 g/mol. The smallest absolute Gasteiger partial charge is 0.309 e. The highest BCUT2D eigenvalue weighted by molar-refractivity contribution is 6.64. The van der Waals surface area contributed by atoms with Gasteiger partial charge in [0, 0.05) is 5.92 Å². The summed E-state index contributed by atoms with van der Waals surface area (Å²) in [6, 6.07) is 0. The molecule has 0 spiro atoms. The van der Waals surface area contributed by atoms with Crippen LogP contribution < -0.4 is 0 Å². The molecule has 0 aromatic rings. The first-order valence-electron chi connectivity index (χ1n) is 5.94. The van der Waals surface area contributed by atoms with Crippen molar-refractivity contribution in [3.63, 3.8) is 0 Å². The Labute approximate surface area is 101 Å². The van der Waals surface area contributed by atoms with Gasteiger partial charge in [0.25, 0.3) is 0 Å². The van der Waals surface area contributed by atoms with Crippen molar-refractivity contribution >= 4 is 22.8 Å². The maximum absolute atomic E-state index is 11.6. The summed E-state index contributed by atoms with van der Waals surface area (Å²) in [6.07, 6.45) is 6.79. The second-order valence-electron chi connectivity index (χ2n) is 4.39. The van der Waals surface area contributed by atoms with Gasteiger partial charge in [0.2, 0.25) is 5.24 Å². The fourth-order valence-electron chi connectivity index (χ4n) is 2.37. The molecule has 0 aromatic heterocycles. The zero-order valence-corrected chi connectivity index (χ0v) is 10.5. The van der Waals surface area contributed by atoms with Crippen molar-refractivity contribution < 1.29 is 14.3 Å². The molecule has 0 amide bonds. The third-order valence-corrected chi connectivity index (χ3v) is 3.59. The number of esters is 1. The van der Waals surface area contributed by atoms with Crippen LogP contribution in [0.25, 0.3) is 0 Å². The minimum atomic E-state index is -0.391. The summed E-state index contributed by atoms with van der Waals surface area (Å²) in [6.45, 7) is 0. The molecule has 92 valence electrons. The zero-order valence-electron chi connectivity index (χ0n) is 9.71. The fraction of sp³-hybridized carbons (Fsp3) is 0.833. The predicted octanol–water partition coefficient (Wildman–Crippen LogP) is 2.90. The summed E-state index contributed by atoms with van der Waals surface area (Å²) < 4.78 is 4.76. The van der Waals surface area contributed by atoms with E-state index in [1.807, 2.05) is 0 Å². The number of rotatable bonds is 2. The van der Waals surface area contributed by atoms with Crippen molar-refractivity contribution in [3.05, 3.63) is 0 Å². The van der Waals surface area contributed by atoms with E-state index in [0.717, 1.165) is 32.1 Å². The van der Waals surface area contributed by atoms with Gasteiger partial charge in [-0.15, -0.1) is 0 Å². The summed E-state index contributed by atoms with van der Waals surface area (Å²) in [4.78, 5) is 23.0. The molecule has 3 nitrogen and oxygen atoms in total. The van der Waals surface area contributed by atoms with E-state index in [2.05, 4.69) is 0 Å². The maximum Gasteiger partial charge on any atom is 0.309 e. The van der Waals surface area contributed by atoms with Gasteiger partial charge in [-0.25, -0.2) is 0 Å². The van der Waals surface area contributed by atoms with E-state index < -0.39 is 5.24 Å². The molecule has 0 aliphatic heterocycles. The minimum absolute atomic E-state index is 0.291. The SMILES string of the molecule is COC(=O)C1CCCCCCCC1C(=O)Cl. The van der Waals surface area contributed by atoms with Crippen LogP contribution in [0.15, 0.2) is 0 Å². The normalized spacial score (nSPS) is 27.4. The molecule has 1 saturated carbocycles. The van der Waals surface area contributed by atoms with Crippen LogP contribution in [0.1, 0.15) is 44.9 Å². The monoisotopic (exact) mass is 246 g/mol. The molecule has 2 unspecified atom stereocenters. The van der Waals surface area contributed by atoms with Crippen molar-refractivity contribution in [2.45, 2.75) is 44.9 Å². The number of hydrogen-bond acceptors (Lipinski definition) is 3. The zero-order chi connectivity index (χ0) is 12.0. The lowest BCUT2D eigenvalue weighted by atomic mass is 9.86. The largest absolute Gasteiger partial charge is 0.469 e. The van der Waals surface area contributed by atoms with E-state index in [1.54, 1.807) is 0 Å². The Bertz CT molecular complexity index is 253. The van der Waals surface area contributed by atoms with E-state index >= 15 is 0 Å². The highest BCUT2D eigenvalue weighted by atomic mass is 35.5. The molecule has 1 aliphatic carbocycles. The summed E-state index contributed by atoms with van der Waals surface area (Å²) in [5.74, 6) is -0.985. The van der Waals surface area contributed by atoms with Crippen molar-refractivity contribution in [1.29, 1.82) is 0 Å². The van der Waals surface area contributed by atoms with Gasteiger partial charge in [-0.3, -0.25) is 9.59 Å². The van der Waals surface area contributed by atoms with Gasteiger partial charge in [-0.1, -0.05) is 32.1 Å². The Balaban J connectivity index is 2.75. The molecule has 4 heteroatoms. The van der Waals surface area contributed by atoms with Crippen LogP contribution in [0.2, 0.25) is 0 Å². The van der Waals surface area contributed by atoms with Gasteiger partial charge in [0.15, 0.2) is 0 Å². The molecule has 0 saturated heterocycles. The first-order valence-corrected chi connectivity index (χ1v) is 6.31. The van der Waals surface area contributed by atoms with Crippen LogP contribution in [0, 0.1) is 11.8 Å². The molecular weight excluding hydrogens is 228 g/mol. The molecule has 0 aromatic carbocycles. The second-order valence-corrected chi connectivity index (χ2v) is 4.76. The topological polar surface area (TPSA) is 43.4 Å². The van der Waals surface area contributed by atoms with E-state index in [4.69, 9.17) is 16.3 Å². The van der Waals surface area contributed by atoms with Crippen molar-refractivity contribution in [1.82, 2.24) is 0 Å². The van der Waals surface area contributed by atoms with Gasteiger partial charge in [-0.2, -0.15) is 0 Å². The first-order chi connectivity index (χ1) is 7.66. The van der Waals surface area contributed by atoms with Gasteiger partial charge < -0.3 is 4.74 Å². The Kier molecular flexibility index (Phi) is 5.81. The predicted molar refractivity (Wildman–Crippen MR) is 62.2 cm³/mol. The van der Waals surface area contributed by atoms with E-state index in [1.165, 1.54) is 13.5 Å². The van der Waals surface area contributed by atoms with Gasteiger partial charge in [0.05, 0.1) is 13.0 Å². The van der Waals surface area contributed by atoms with E-state index in [0.29, 0.717) is 6.42 Å². The van der Waals surface area contributed by atoms with Crippen LogP contribution in [0.5, 0.6) is 0 Å². The number of ether oxygens (including phenoxy) is 1. The molecule has 0 bridgehead atoms. The number of carbonyl (C=O) groups excluding carboxylic acids is 2. The van der Waals surface area contributed by atoms with Crippen LogP contribution in [0.4, 0.5) is 0 Å². The summed E-state index contributed by atoms with van der Waals surface area (Å²) >= 11 is 5.58. The van der Waals surface area contributed by atoms with Gasteiger partial charge in [0.1, 0.15) is 0 Å². The number of hydrogen-bond donors (Lipinski definition) is 0. The van der Waals surface area contributed by atoms with Crippen LogP contribution >= 0.6 is 11.6 Å². The first kappa shape index (κ1) is 13.5. The molecule has 0 heterocycles. The fourth-order valence-corrected chi connectivity index (χ4v) is 2.63. The molecule has 2 atom stereocenters. The van der Waals surface area contributed by atoms with Crippen LogP contribution in [0.3, 0.4) is 0 Å². The highest BCUT2D eigenvalue weighted by Crippen LogP contribution is 2.29. The molecule has 1 fully saturated rings. The molecular formula is C12H19ClO3. The van der Waals surface area contributed by atoms with Gasteiger partial charge in [-0.05, 0) is 24.4 Å². The van der Waals surface area contributed by atoms with Crippen LogP contribution in [-0.2, 0) is 14.3 Å². The summed E-state index contributed by atoms with van der Waals surface area (Å²) in [7, 11) is 1.37. The number of carbonyl (C=O) groups is 2. The molecule has 0 radical (unpaired) electrons. The van der Waals surface area contributed by atoms with Crippen molar-refractivity contribution in [2.24, 2.45) is 11.8 Å². The quantitative estimate of drug-likeness (QED) is 0.556. The lowest BCUT2D eigenvalue weighted by molar-refractivity contribution is -0.149. The van der Waals surface area contributed by atoms with E-state index in [9.17, 15) is 9.59 Å². The van der Waals surface area contributed by atoms with Crippen molar-refractivity contribution in [2.75, 3.05) is 7.11 Å². The second kappa shape index (κ2) is 6.89. The average Bonchev–Trinajstić information content (AvgIpc) is 2.38. The Morgan fingerprint density at radius 3 is 2.00 bits per heavy atom. The molecule has 16 heavy (non-hydrogen) atoms. The van der Waals surface area contributed by atoms with Crippen LogP contribution in [-0.4, -0.2) is 18.3 Å². The summed E-state index contributed by atoms with van der Waals surface area (Å²) in [5, 5.41) is -0.391. The standard InChI is InChI=1S/C12H19ClO3/c1-16-12(15)10-8-6-4-2-3-5-7-9(10)11(13)14/h9-10H,2-8H2,1H3. The molecule has 1 rings (SSSR count). The summed E-state index contributed by atoms with van der Waals surface area (Å²) in [5.41, 5.74) is 0. The Morgan fingerprint density at radius 1 is 1.00 bits per heavy atom. The number of halogens is 1. The van der Waals surface area contributed by atoms with E-state index in [-0.39, 0.29) is 17.8 Å². The van der Waals surface area contributed by atoms with Gasteiger partial charge >= 0.3 is 5.97 Å². The third kappa shape index (κ3) is 3.78. The lowest BCUT2D eigenvalue weighted by Gasteiger charge is -2.21.